The second-order valence-electron chi connectivity index (χ2n) is 5.27. The Morgan fingerprint density at radius 2 is 2.04 bits per heavy atom. The number of carbonyl (C=O) groups excluding carboxylic acids is 1. The van der Waals surface area contributed by atoms with Crippen molar-refractivity contribution in [2.45, 2.75) is 12.0 Å². The van der Waals surface area contributed by atoms with Crippen molar-refractivity contribution < 1.29 is 23.8 Å². The van der Waals surface area contributed by atoms with Gasteiger partial charge in [0.15, 0.2) is 11.2 Å². The molecular formula is C15H14FN3O4. The lowest BCUT2D eigenvalue weighted by atomic mass is 9.99. The van der Waals surface area contributed by atoms with Gasteiger partial charge in [-0.1, -0.05) is 0 Å². The molecule has 1 fully saturated rings. The molecule has 8 heteroatoms. The molecule has 0 radical (unpaired) electrons. The molecule has 23 heavy (non-hydrogen) atoms. The number of carboxylic acids is 1. The van der Waals surface area contributed by atoms with Crippen LogP contribution in [0.15, 0.2) is 36.5 Å². The van der Waals surface area contributed by atoms with Crippen LogP contribution in [0.3, 0.4) is 0 Å². The number of hydrogen-bond acceptors (Lipinski definition) is 4. The second kappa shape index (κ2) is 5.81. The molecule has 1 atom stereocenters. The Morgan fingerprint density at radius 3 is 2.65 bits per heavy atom. The monoisotopic (exact) mass is 319 g/mol. The largest absolute Gasteiger partial charge is 0.479 e. The van der Waals surface area contributed by atoms with Gasteiger partial charge in [-0.15, -0.1) is 0 Å². The summed E-state index contributed by atoms with van der Waals surface area (Å²) in [7, 11) is 0. The Bertz CT molecular complexity index is 735. The molecule has 1 aliphatic heterocycles. The van der Waals surface area contributed by atoms with Gasteiger partial charge in [-0.25, -0.2) is 13.9 Å². The van der Waals surface area contributed by atoms with Gasteiger partial charge in [0.1, 0.15) is 5.82 Å². The van der Waals surface area contributed by atoms with E-state index in [1.54, 1.807) is 6.20 Å². The number of aliphatic carboxylic acids is 1. The number of carbonyl (C=O) groups is 2. The van der Waals surface area contributed by atoms with E-state index in [4.69, 9.17) is 4.74 Å². The molecule has 1 unspecified atom stereocenters. The molecule has 7 nitrogen and oxygen atoms in total. The van der Waals surface area contributed by atoms with Crippen LogP contribution < -0.4 is 5.32 Å². The number of nitrogens with one attached hydrogen (secondary N) is 1. The topological polar surface area (TPSA) is 93.5 Å². The highest BCUT2D eigenvalue weighted by molar-refractivity contribution is 5.96. The summed E-state index contributed by atoms with van der Waals surface area (Å²) in [6.45, 7) is 0.198. The average Bonchev–Trinajstić information content (AvgIpc) is 3.17. The van der Waals surface area contributed by atoms with Gasteiger partial charge < -0.3 is 15.2 Å². The summed E-state index contributed by atoms with van der Waals surface area (Å²) in [6, 6.07) is 7.07. The van der Waals surface area contributed by atoms with E-state index in [-0.39, 0.29) is 31.1 Å². The van der Waals surface area contributed by atoms with Crippen LogP contribution in [0.2, 0.25) is 0 Å². The van der Waals surface area contributed by atoms with Crippen LogP contribution in [-0.4, -0.2) is 45.5 Å². The van der Waals surface area contributed by atoms with Crippen molar-refractivity contribution in [2.24, 2.45) is 0 Å². The maximum Gasteiger partial charge on any atom is 0.331 e. The smallest absolute Gasteiger partial charge is 0.331 e. The van der Waals surface area contributed by atoms with Crippen LogP contribution in [0.5, 0.6) is 0 Å². The molecule has 0 bridgehead atoms. The van der Waals surface area contributed by atoms with E-state index in [1.165, 1.54) is 35.0 Å². The Labute approximate surface area is 130 Å². The van der Waals surface area contributed by atoms with Gasteiger partial charge in [-0.3, -0.25) is 4.79 Å². The Hall–Kier alpha value is -2.74. The van der Waals surface area contributed by atoms with Crippen molar-refractivity contribution >= 4 is 11.9 Å². The van der Waals surface area contributed by atoms with Crippen molar-refractivity contribution in [3.63, 3.8) is 0 Å². The average molecular weight is 319 g/mol. The molecule has 1 saturated heterocycles. The van der Waals surface area contributed by atoms with Crippen LogP contribution >= 0.6 is 0 Å². The molecule has 0 spiro atoms. The van der Waals surface area contributed by atoms with E-state index in [1.807, 2.05) is 0 Å². The number of benzene rings is 1. The quantitative estimate of drug-likeness (QED) is 0.876. The zero-order valence-corrected chi connectivity index (χ0v) is 12.0. The normalized spacial score (nSPS) is 20.4. The fourth-order valence-corrected chi connectivity index (χ4v) is 2.35. The molecule has 1 amide bonds. The second-order valence-corrected chi connectivity index (χ2v) is 5.27. The van der Waals surface area contributed by atoms with Gasteiger partial charge in [0.25, 0.3) is 5.91 Å². The predicted molar refractivity (Wildman–Crippen MR) is 76.8 cm³/mol. The maximum absolute atomic E-state index is 12.9. The number of aromatic nitrogens is 2. The van der Waals surface area contributed by atoms with E-state index >= 15 is 0 Å². The molecule has 0 saturated carbocycles. The fourth-order valence-electron chi connectivity index (χ4n) is 2.35. The zero-order valence-electron chi connectivity index (χ0n) is 12.0. The Balaban J connectivity index is 1.78. The summed E-state index contributed by atoms with van der Waals surface area (Å²) < 4.78 is 19.4. The summed E-state index contributed by atoms with van der Waals surface area (Å²) >= 11 is 0. The number of amides is 1. The number of ether oxygens (including phenoxy) is 1. The van der Waals surface area contributed by atoms with Crippen molar-refractivity contribution in [2.75, 3.05) is 13.2 Å². The Kier molecular flexibility index (Phi) is 3.83. The molecule has 2 heterocycles. The highest BCUT2D eigenvalue weighted by Gasteiger charge is 2.44. The van der Waals surface area contributed by atoms with Crippen LogP contribution in [0.4, 0.5) is 4.39 Å². The molecular weight excluding hydrogens is 305 g/mol. The molecule has 1 aliphatic rings. The van der Waals surface area contributed by atoms with Gasteiger partial charge in [-0.05, 0) is 30.3 Å². The minimum absolute atomic E-state index is 0.0712. The Morgan fingerprint density at radius 1 is 1.30 bits per heavy atom. The number of rotatable bonds is 4. The highest BCUT2D eigenvalue weighted by atomic mass is 19.1. The minimum Gasteiger partial charge on any atom is -0.479 e. The van der Waals surface area contributed by atoms with Gasteiger partial charge in [0.05, 0.1) is 12.3 Å². The lowest BCUT2D eigenvalue weighted by molar-refractivity contribution is -0.144. The fraction of sp³-hybridized carbons (Fsp3) is 0.267. The molecule has 1 aromatic carbocycles. The van der Waals surface area contributed by atoms with Crippen molar-refractivity contribution in [3.05, 3.63) is 48.0 Å². The van der Waals surface area contributed by atoms with Crippen molar-refractivity contribution in [3.8, 4) is 5.69 Å². The van der Waals surface area contributed by atoms with Crippen molar-refractivity contribution in [1.29, 1.82) is 0 Å². The number of hydrogen-bond donors (Lipinski definition) is 2. The molecule has 2 N–H and O–H groups in total. The third kappa shape index (κ3) is 2.93. The van der Waals surface area contributed by atoms with Crippen molar-refractivity contribution in [1.82, 2.24) is 15.1 Å². The van der Waals surface area contributed by atoms with E-state index in [0.29, 0.717) is 5.69 Å². The van der Waals surface area contributed by atoms with Crippen LogP contribution in [0.1, 0.15) is 16.9 Å². The molecule has 0 aliphatic carbocycles. The summed E-state index contributed by atoms with van der Waals surface area (Å²) in [6.07, 6.45) is 1.74. The minimum atomic E-state index is -1.42. The summed E-state index contributed by atoms with van der Waals surface area (Å²) in [5.74, 6) is -2.11. The van der Waals surface area contributed by atoms with Gasteiger partial charge in [0.2, 0.25) is 0 Å². The summed E-state index contributed by atoms with van der Waals surface area (Å²) in [5.41, 5.74) is -0.763. The van der Waals surface area contributed by atoms with E-state index < -0.39 is 17.4 Å². The molecule has 3 rings (SSSR count). The van der Waals surface area contributed by atoms with Gasteiger partial charge in [-0.2, -0.15) is 5.10 Å². The van der Waals surface area contributed by atoms with Crippen LogP contribution in [0, 0.1) is 5.82 Å². The molecule has 120 valence electrons. The number of nitrogens with zero attached hydrogens (tertiary/aromatic N) is 2. The first-order chi connectivity index (χ1) is 11.0. The van der Waals surface area contributed by atoms with Crippen LogP contribution in [0.25, 0.3) is 5.69 Å². The third-order valence-corrected chi connectivity index (χ3v) is 3.70. The van der Waals surface area contributed by atoms with E-state index in [2.05, 4.69) is 10.4 Å². The summed E-state index contributed by atoms with van der Waals surface area (Å²) in [5, 5.41) is 15.9. The summed E-state index contributed by atoms with van der Waals surface area (Å²) in [4.78, 5) is 23.6. The highest BCUT2D eigenvalue weighted by Crippen LogP contribution is 2.19. The van der Waals surface area contributed by atoms with Gasteiger partial charge >= 0.3 is 5.97 Å². The standard InChI is InChI=1S/C15H14FN3O4/c16-10-1-3-11(4-2-10)19-7-5-12(18-19)13(20)17-15(14(21)22)6-8-23-9-15/h1-5,7H,6,8-9H2,(H,17,20)(H,21,22). The number of carboxylic acid groups (broad SMARTS) is 1. The molecule has 1 aromatic heterocycles. The first-order valence-corrected chi connectivity index (χ1v) is 6.95. The van der Waals surface area contributed by atoms with Crippen LogP contribution in [-0.2, 0) is 9.53 Å². The lowest BCUT2D eigenvalue weighted by Crippen LogP contribution is -2.55. The first kappa shape index (κ1) is 15.2. The first-order valence-electron chi connectivity index (χ1n) is 6.95. The van der Waals surface area contributed by atoms with E-state index in [9.17, 15) is 19.1 Å². The molecule has 2 aromatic rings. The number of halogens is 1. The zero-order chi connectivity index (χ0) is 16.4. The lowest BCUT2D eigenvalue weighted by Gasteiger charge is -2.22. The maximum atomic E-state index is 12.9. The predicted octanol–water partition coefficient (Wildman–Crippen LogP) is 0.985. The SMILES string of the molecule is O=C(NC1(C(=O)O)CCOC1)c1ccn(-c2ccc(F)cc2)n1. The van der Waals surface area contributed by atoms with Gasteiger partial charge in [0, 0.05) is 19.2 Å². The van der Waals surface area contributed by atoms with E-state index in [0.717, 1.165) is 0 Å². The third-order valence-electron chi connectivity index (χ3n) is 3.70.